The van der Waals surface area contributed by atoms with Gasteiger partial charge in [-0.1, -0.05) is 13.8 Å². The third-order valence-corrected chi connectivity index (χ3v) is 2.08. The molecule has 0 aliphatic carbocycles. The minimum Gasteiger partial charge on any atom is -0.313 e. The molecule has 0 atom stereocenters. The summed E-state index contributed by atoms with van der Waals surface area (Å²) in [6.07, 6.45) is 4.26. The van der Waals surface area contributed by atoms with Crippen molar-refractivity contribution < 1.29 is 4.79 Å². The van der Waals surface area contributed by atoms with E-state index in [1.54, 1.807) is 6.20 Å². The standard InChI is InChI=1S/C10H14N2O/c1-3-8-5-6-11-10(12-7-13)9(8)4-2/h5-7H,3-4H2,1-2H3,(H,11,12,13). The van der Waals surface area contributed by atoms with Gasteiger partial charge in [0.1, 0.15) is 5.82 Å². The van der Waals surface area contributed by atoms with Gasteiger partial charge in [0.15, 0.2) is 0 Å². The lowest BCUT2D eigenvalue weighted by atomic mass is 10.1. The molecule has 1 heterocycles. The second-order valence-electron chi connectivity index (χ2n) is 2.77. The third kappa shape index (κ3) is 2.05. The highest BCUT2D eigenvalue weighted by molar-refractivity contribution is 5.71. The highest BCUT2D eigenvalue weighted by Gasteiger charge is 2.05. The van der Waals surface area contributed by atoms with Crippen LogP contribution in [0.2, 0.25) is 0 Å². The molecule has 0 unspecified atom stereocenters. The molecule has 0 aliphatic heterocycles. The first-order valence-electron chi connectivity index (χ1n) is 4.50. The first-order valence-corrected chi connectivity index (χ1v) is 4.50. The lowest BCUT2D eigenvalue weighted by molar-refractivity contribution is -0.105. The van der Waals surface area contributed by atoms with Gasteiger partial charge in [-0.3, -0.25) is 4.79 Å². The van der Waals surface area contributed by atoms with Crippen molar-refractivity contribution in [2.75, 3.05) is 5.32 Å². The van der Waals surface area contributed by atoms with Crippen molar-refractivity contribution in [1.29, 1.82) is 0 Å². The van der Waals surface area contributed by atoms with Crippen molar-refractivity contribution in [3.8, 4) is 0 Å². The van der Waals surface area contributed by atoms with Crippen molar-refractivity contribution in [3.05, 3.63) is 23.4 Å². The molecule has 0 saturated heterocycles. The van der Waals surface area contributed by atoms with E-state index in [-0.39, 0.29) is 0 Å². The molecular weight excluding hydrogens is 164 g/mol. The summed E-state index contributed by atoms with van der Waals surface area (Å²) in [5, 5.41) is 2.61. The molecule has 13 heavy (non-hydrogen) atoms. The van der Waals surface area contributed by atoms with Crippen LogP contribution in [0.1, 0.15) is 25.0 Å². The number of anilines is 1. The van der Waals surface area contributed by atoms with Crippen LogP contribution in [-0.4, -0.2) is 11.4 Å². The van der Waals surface area contributed by atoms with Crippen molar-refractivity contribution in [2.45, 2.75) is 26.7 Å². The quantitative estimate of drug-likeness (QED) is 0.714. The molecular formula is C10H14N2O. The average molecular weight is 178 g/mol. The fourth-order valence-corrected chi connectivity index (χ4v) is 1.44. The van der Waals surface area contributed by atoms with Crippen LogP contribution in [-0.2, 0) is 17.6 Å². The fraction of sp³-hybridized carbons (Fsp3) is 0.400. The minimum absolute atomic E-state index is 0.668. The van der Waals surface area contributed by atoms with E-state index in [0.29, 0.717) is 12.2 Å². The molecule has 0 saturated carbocycles. The number of nitrogens with zero attached hydrogens (tertiary/aromatic N) is 1. The molecule has 1 rings (SSSR count). The molecule has 0 aromatic carbocycles. The summed E-state index contributed by atoms with van der Waals surface area (Å²) >= 11 is 0. The van der Waals surface area contributed by atoms with E-state index in [9.17, 15) is 4.79 Å². The Balaban J connectivity index is 3.10. The lowest BCUT2D eigenvalue weighted by Crippen LogP contribution is -2.03. The Hall–Kier alpha value is -1.38. The van der Waals surface area contributed by atoms with Gasteiger partial charge >= 0.3 is 0 Å². The Morgan fingerprint density at radius 1 is 1.46 bits per heavy atom. The summed E-state index contributed by atoms with van der Waals surface area (Å²) in [6, 6.07) is 1.99. The van der Waals surface area contributed by atoms with E-state index in [0.717, 1.165) is 18.4 Å². The Morgan fingerprint density at radius 3 is 2.77 bits per heavy atom. The maximum atomic E-state index is 10.3. The van der Waals surface area contributed by atoms with E-state index in [4.69, 9.17) is 0 Å². The monoisotopic (exact) mass is 178 g/mol. The van der Waals surface area contributed by atoms with E-state index >= 15 is 0 Å². The average Bonchev–Trinajstić information content (AvgIpc) is 2.18. The summed E-state index contributed by atoms with van der Waals surface area (Å²) in [5.74, 6) is 0.692. The second kappa shape index (κ2) is 4.60. The number of aryl methyl sites for hydroxylation is 1. The molecule has 70 valence electrons. The van der Waals surface area contributed by atoms with Crippen LogP contribution in [0.3, 0.4) is 0 Å². The molecule has 3 heteroatoms. The highest BCUT2D eigenvalue weighted by atomic mass is 16.1. The van der Waals surface area contributed by atoms with Crippen LogP contribution in [0.15, 0.2) is 12.3 Å². The summed E-state index contributed by atoms with van der Waals surface area (Å²) in [4.78, 5) is 14.4. The van der Waals surface area contributed by atoms with Gasteiger partial charge in [-0.25, -0.2) is 4.98 Å². The van der Waals surface area contributed by atoms with Crippen LogP contribution in [0.4, 0.5) is 5.82 Å². The number of aromatic nitrogens is 1. The number of pyridine rings is 1. The minimum atomic E-state index is 0.668. The van der Waals surface area contributed by atoms with Crippen molar-refractivity contribution >= 4 is 12.2 Å². The topological polar surface area (TPSA) is 42.0 Å². The molecule has 1 aromatic rings. The zero-order valence-corrected chi connectivity index (χ0v) is 8.00. The van der Waals surface area contributed by atoms with E-state index in [1.165, 1.54) is 5.56 Å². The van der Waals surface area contributed by atoms with Gasteiger partial charge < -0.3 is 5.32 Å². The largest absolute Gasteiger partial charge is 0.313 e. The van der Waals surface area contributed by atoms with Crippen LogP contribution in [0, 0.1) is 0 Å². The third-order valence-electron chi connectivity index (χ3n) is 2.08. The van der Waals surface area contributed by atoms with Gasteiger partial charge in [0.25, 0.3) is 0 Å². The smallest absolute Gasteiger partial charge is 0.212 e. The highest BCUT2D eigenvalue weighted by Crippen LogP contribution is 2.17. The SMILES string of the molecule is CCc1ccnc(NC=O)c1CC. The van der Waals surface area contributed by atoms with Gasteiger partial charge in [-0.05, 0) is 30.0 Å². The molecule has 0 bridgehead atoms. The maximum absolute atomic E-state index is 10.3. The Kier molecular flexibility index (Phi) is 3.43. The molecule has 1 aromatic heterocycles. The van der Waals surface area contributed by atoms with Crippen molar-refractivity contribution in [3.63, 3.8) is 0 Å². The van der Waals surface area contributed by atoms with Gasteiger partial charge in [0, 0.05) is 6.20 Å². The first kappa shape index (κ1) is 9.71. The number of nitrogens with one attached hydrogen (secondary N) is 1. The summed E-state index contributed by atoms with van der Waals surface area (Å²) < 4.78 is 0. The van der Waals surface area contributed by atoms with Crippen molar-refractivity contribution in [1.82, 2.24) is 4.98 Å². The lowest BCUT2D eigenvalue weighted by Gasteiger charge is -2.09. The summed E-state index contributed by atoms with van der Waals surface area (Å²) in [7, 11) is 0. The van der Waals surface area contributed by atoms with Crippen LogP contribution >= 0.6 is 0 Å². The zero-order chi connectivity index (χ0) is 9.68. The number of carbonyl (C=O) groups is 1. The summed E-state index contributed by atoms with van der Waals surface area (Å²) in [5.41, 5.74) is 2.39. The molecule has 0 radical (unpaired) electrons. The Morgan fingerprint density at radius 2 is 2.23 bits per heavy atom. The number of hydrogen-bond donors (Lipinski definition) is 1. The maximum Gasteiger partial charge on any atom is 0.212 e. The van der Waals surface area contributed by atoms with Crippen LogP contribution < -0.4 is 5.32 Å². The number of amides is 1. The van der Waals surface area contributed by atoms with Gasteiger partial charge in [0.2, 0.25) is 6.41 Å². The van der Waals surface area contributed by atoms with E-state index in [1.807, 2.05) is 6.07 Å². The molecule has 0 fully saturated rings. The number of carbonyl (C=O) groups excluding carboxylic acids is 1. The van der Waals surface area contributed by atoms with Crippen LogP contribution in [0.5, 0.6) is 0 Å². The molecule has 3 nitrogen and oxygen atoms in total. The number of rotatable bonds is 4. The second-order valence-corrected chi connectivity index (χ2v) is 2.77. The molecule has 0 aliphatic rings. The van der Waals surface area contributed by atoms with Crippen LogP contribution in [0.25, 0.3) is 0 Å². The van der Waals surface area contributed by atoms with E-state index < -0.39 is 0 Å². The molecule has 0 spiro atoms. The molecule has 1 amide bonds. The fourth-order valence-electron chi connectivity index (χ4n) is 1.44. The predicted octanol–water partition coefficient (Wildman–Crippen LogP) is 1.77. The van der Waals surface area contributed by atoms with Gasteiger partial charge in [0.05, 0.1) is 0 Å². The predicted molar refractivity (Wildman–Crippen MR) is 52.7 cm³/mol. The van der Waals surface area contributed by atoms with Gasteiger partial charge in [-0.2, -0.15) is 0 Å². The zero-order valence-electron chi connectivity index (χ0n) is 8.00. The van der Waals surface area contributed by atoms with E-state index in [2.05, 4.69) is 24.1 Å². The van der Waals surface area contributed by atoms with Crippen molar-refractivity contribution in [2.24, 2.45) is 0 Å². The Bertz CT molecular complexity index is 297. The summed E-state index contributed by atoms with van der Waals surface area (Å²) in [6.45, 7) is 4.16. The molecule has 1 N–H and O–H groups in total. The first-order chi connectivity index (χ1) is 6.33. The Labute approximate surface area is 78.2 Å². The van der Waals surface area contributed by atoms with Gasteiger partial charge in [-0.15, -0.1) is 0 Å². The normalized spacial score (nSPS) is 9.69. The number of hydrogen-bond acceptors (Lipinski definition) is 2.